The van der Waals surface area contributed by atoms with Crippen molar-refractivity contribution in [1.29, 1.82) is 0 Å². The number of rotatable bonds is 4. The molecule has 0 radical (unpaired) electrons. The normalized spacial score (nSPS) is 21.1. The number of morpholine rings is 1. The van der Waals surface area contributed by atoms with Crippen LogP contribution in [0.1, 0.15) is 24.8 Å². The summed E-state index contributed by atoms with van der Waals surface area (Å²) in [5, 5.41) is 6.05. The molecule has 7 heteroatoms. The van der Waals surface area contributed by atoms with Gasteiger partial charge in [-0.2, -0.15) is 0 Å². The van der Waals surface area contributed by atoms with Gasteiger partial charge in [-0.15, -0.1) is 12.4 Å². The summed E-state index contributed by atoms with van der Waals surface area (Å²) in [7, 11) is 0. The van der Waals surface area contributed by atoms with E-state index in [-0.39, 0.29) is 30.3 Å². The number of amides is 2. The molecule has 2 N–H and O–H groups in total. The average molecular weight is 354 g/mol. The Kier molecular flexibility index (Phi) is 7.02. The van der Waals surface area contributed by atoms with Crippen molar-refractivity contribution in [1.82, 2.24) is 10.6 Å². The molecule has 1 unspecified atom stereocenters. The van der Waals surface area contributed by atoms with E-state index in [0.717, 1.165) is 30.6 Å². The number of carbonyl (C=O) groups is 2. The SMILES string of the molecule is Cl.O=C(NCc1ccc(N2CCCCC2=O)cc1)C1COCCN1. The summed E-state index contributed by atoms with van der Waals surface area (Å²) in [4.78, 5) is 25.8. The van der Waals surface area contributed by atoms with E-state index < -0.39 is 0 Å². The van der Waals surface area contributed by atoms with Crippen LogP contribution >= 0.6 is 12.4 Å². The van der Waals surface area contributed by atoms with Crippen molar-refractivity contribution in [2.45, 2.75) is 31.8 Å². The van der Waals surface area contributed by atoms with Crippen molar-refractivity contribution in [3.05, 3.63) is 29.8 Å². The van der Waals surface area contributed by atoms with Crippen LogP contribution in [-0.4, -0.2) is 44.2 Å². The third-order valence-corrected chi connectivity index (χ3v) is 4.28. The number of hydrogen-bond acceptors (Lipinski definition) is 4. The molecule has 1 aromatic carbocycles. The molecule has 3 rings (SSSR count). The van der Waals surface area contributed by atoms with Crippen LogP contribution in [0.3, 0.4) is 0 Å². The molecular formula is C17H24ClN3O3. The van der Waals surface area contributed by atoms with E-state index in [0.29, 0.717) is 32.7 Å². The van der Waals surface area contributed by atoms with E-state index in [9.17, 15) is 9.59 Å². The summed E-state index contributed by atoms with van der Waals surface area (Å²) in [5.41, 5.74) is 1.95. The lowest BCUT2D eigenvalue weighted by Crippen LogP contribution is -2.51. The topological polar surface area (TPSA) is 70.7 Å². The number of halogens is 1. The third kappa shape index (κ3) is 4.69. The van der Waals surface area contributed by atoms with Gasteiger partial charge in [0, 0.05) is 31.7 Å². The molecule has 132 valence electrons. The Balaban J connectivity index is 0.00000208. The molecule has 2 aliphatic rings. The molecule has 2 fully saturated rings. The van der Waals surface area contributed by atoms with Crippen molar-refractivity contribution in [3.63, 3.8) is 0 Å². The molecule has 24 heavy (non-hydrogen) atoms. The number of nitrogens with one attached hydrogen (secondary N) is 2. The Morgan fingerprint density at radius 3 is 2.75 bits per heavy atom. The van der Waals surface area contributed by atoms with Gasteiger partial charge in [0.15, 0.2) is 0 Å². The van der Waals surface area contributed by atoms with Crippen LogP contribution in [0.25, 0.3) is 0 Å². The lowest BCUT2D eigenvalue weighted by atomic mass is 10.1. The maximum absolute atomic E-state index is 12.0. The highest BCUT2D eigenvalue weighted by atomic mass is 35.5. The molecule has 0 bridgehead atoms. The van der Waals surface area contributed by atoms with Crippen molar-refractivity contribution in [2.24, 2.45) is 0 Å². The molecule has 1 atom stereocenters. The molecule has 0 spiro atoms. The number of nitrogens with zero attached hydrogens (tertiary/aromatic N) is 1. The smallest absolute Gasteiger partial charge is 0.239 e. The standard InChI is InChI=1S/C17H23N3O3.ClH/c21-16-3-1-2-9-20(16)14-6-4-13(5-7-14)11-19-17(22)15-12-23-10-8-18-15;/h4-7,15,18H,1-3,8-12H2,(H,19,22);1H. The predicted octanol–water partition coefficient (Wildman–Crippen LogP) is 1.23. The largest absolute Gasteiger partial charge is 0.378 e. The molecule has 2 saturated heterocycles. The zero-order valence-electron chi connectivity index (χ0n) is 13.6. The minimum atomic E-state index is -0.269. The summed E-state index contributed by atoms with van der Waals surface area (Å²) < 4.78 is 5.29. The summed E-state index contributed by atoms with van der Waals surface area (Å²) >= 11 is 0. The molecule has 0 aliphatic carbocycles. The second kappa shape index (κ2) is 9.01. The van der Waals surface area contributed by atoms with E-state index in [1.165, 1.54) is 0 Å². The molecular weight excluding hydrogens is 330 g/mol. The Labute approximate surface area is 148 Å². The lowest BCUT2D eigenvalue weighted by molar-refractivity contribution is -0.126. The number of hydrogen-bond donors (Lipinski definition) is 2. The summed E-state index contributed by atoms with van der Waals surface area (Å²) in [6, 6.07) is 7.55. The van der Waals surface area contributed by atoms with E-state index in [4.69, 9.17) is 4.74 Å². The summed E-state index contributed by atoms with van der Waals surface area (Å²) in [6.07, 6.45) is 2.67. The Bertz CT molecular complexity index is 559. The first-order valence-electron chi connectivity index (χ1n) is 8.22. The maximum Gasteiger partial charge on any atom is 0.239 e. The monoisotopic (exact) mass is 353 g/mol. The second-order valence-corrected chi connectivity index (χ2v) is 5.97. The van der Waals surface area contributed by atoms with Gasteiger partial charge in [0.05, 0.1) is 13.2 Å². The molecule has 2 heterocycles. The molecule has 1 aromatic rings. The highest BCUT2D eigenvalue weighted by molar-refractivity contribution is 5.94. The van der Waals surface area contributed by atoms with Gasteiger partial charge in [-0.25, -0.2) is 0 Å². The predicted molar refractivity (Wildman–Crippen MR) is 94.4 cm³/mol. The van der Waals surface area contributed by atoms with Gasteiger partial charge in [-0.1, -0.05) is 12.1 Å². The van der Waals surface area contributed by atoms with Gasteiger partial charge in [0.1, 0.15) is 6.04 Å². The van der Waals surface area contributed by atoms with Crippen molar-refractivity contribution >= 4 is 29.9 Å². The van der Waals surface area contributed by atoms with Crippen molar-refractivity contribution < 1.29 is 14.3 Å². The van der Waals surface area contributed by atoms with Crippen molar-refractivity contribution in [3.8, 4) is 0 Å². The molecule has 6 nitrogen and oxygen atoms in total. The van der Waals surface area contributed by atoms with Gasteiger partial charge in [0.2, 0.25) is 11.8 Å². The lowest BCUT2D eigenvalue weighted by Gasteiger charge is -2.27. The molecule has 2 aliphatic heterocycles. The van der Waals surface area contributed by atoms with Crippen LogP contribution < -0.4 is 15.5 Å². The minimum absolute atomic E-state index is 0. The first-order chi connectivity index (χ1) is 11.2. The molecule has 2 amide bonds. The van der Waals surface area contributed by atoms with Gasteiger partial charge >= 0.3 is 0 Å². The quantitative estimate of drug-likeness (QED) is 0.854. The van der Waals surface area contributed by atoms with E-state index >= 15 is 0 Å². The fourth-order valence-corrected chi connectivity index (χ4v) is 2.92. The van der Waals surface area contributed by atoms with E-state index in [2.05, 4.69) is 10.6 Å². The minimum Gasteiger partial charge on any atom is -0.378 e. The van der Waals surface area contributed by atoms with E-state index in [1.54, 1.807) is 0 Å². The summed E-state index contributed by atoms with van der Waals surface area (Å²) in [6.45, 7) is 3.05. The van der Waals surface area contributed by atoms with E-state index in [1.807, 2.05) is 29.2 Å². The summed E-state index contributed by atoms with van der Waals surface area (Å²) in [5.74, 6) is 0.153. The van der Waals surface area contributed by atoms with Crippen molar-refractivity contribution in [2.75, 3.05) is 31.2 Å². The first-order valence-corrected chi connectivity index (χ1v) is 8.22. The number of anilines is 1. The molecule has 0 saturated carbocycles. The fraction of sp³-hybridized carbons (Fsp3) is 0.529. The first kappa shape index (κ1) is 18.7. The van der Waals surface area contributed by atoms with Crippen LogP contribution in [0.4, 0.5) is 5.69 Å². The highest BCUT2D eigenvalue weighted by Gasteiger charge is 2.21. The number of piperidine rings is 1. The van der Waals surface area contributed by atoms with Gasteiger partial charge in [-0.05, 0) is 30.5 Å². The number of carbonyl (C=O) groups excluding carboxylic acids is 2. The fourth-order valence-electron chi connectivity index (χ4n) is 2.92. The van der Waals surface area contributed by atoms with Crippen LogP contribution in [0.2, 0.25) is 0 Å². The highest BCUT2D eigenvalue weighted by Crippen LogP contribution is 2.21. The Hall–Kier alpha value is -1.63. The van der Waals surface area contributed by atoms with Gasteiger partial charge < -0.3 is 20.3 Å². The zero-order chi connectivity index (χ0) is 16.1. The van der Waals surface area contributed by atoms with Crippen LogP contribution in [0.5, 0.6) is 0 Å². The Morgan fingerprint density at radius 2 is 2.08 bits per heavy atom. The Morgan fingerprint density at radius 1 is 1.29 bits per heavy atom. The second-order valence-electron chi connectivity index (χ2n) is 5.97. The zero-order valence-corrected chi connectivity index (χ0v) is 14.4. The van der Waals surface area contributed by atoms with Crippen LogP contribution in [0.15, 0.2) is 24.3 Å². The number of benzene rings is 1. The van der Waals surface area contributed by atoms with Gasteiger partial charge in [-0.3, -0.25) is 9.59 Å². The van der Waals surface area contributed by atoms with Crippen LogP contribution in [0, 0.1) is 0 Å². The van der Waals surface area contributed by atoms with Gasteiger partial charge in [0.25, 0.3) is 0 Å². The average Bonchev–Trinajstić information content (AvgIpc) is 2.61. The maximum atomic E-state index is 12.0. The van der Waals surface area contributed by atoms with Crippen LogP contribution in [-0.2, 0) is 20.9 Å². The third-order valence-electron chi connectivity index (χ3n) is 4.28. The molecule has 0 aromatic heterocycles. The number of ether oxygens (including phenoxy) is 1.